The Morgan fingerprint density at radius 2 is 1.15 bits per heavy atom. The van der Waals surface area contributed by atoms with E-state index < -0.39 is 0 Å². The van der Waals surface area contributed by atoms with Gasteiger partial charge in [0.2, 0.25) is 0 Å². The molecular formula is C29H28O4. The van der Waals surface area contributed by atoms with Gasteiger partial charge in [0, 0.05) is 17.6 Å². The van der Waals surface area contributed by atoms with Crippen molar-refractivity contribution >= 4 is 11.9 Å². The van der Waals surface area contributed by atoms with Gasteiger partial charge in [0.1, 0.15) is 6.61 Å². The molecule has 0 heterocycles. The first kappa shape index (κ1) is 23.7. The first-order valence-electron chi connectivity index (χ1n) is 10.8. The zero-order valence-electron chi connectivity index (χ0n) is 19.1. The largest absolute Gasteiger partial charge is 0.462 e. The minimum atomic E-state index is -0.384. The van der Waals surface area contributed by atoms with Gasteiger partial charge >= 0.3 is 11.9 Å². The molecule has 0 atom stereocenters. The Morgan fingerprint density at radius 3 is 1.67 bits per heavy atom. The standard InChI is InChI=1S/C29H28O4/c1-20(2)28(30)32-17-16-22-8-12-24(13-9-22)26-6-5-7-27(18-26)25-14-10-23(11-15-25)19-33-29(31)21(3)4/h5-15,18H,1,3,16-17,19H2,2,4H3. The fourth-order valence-corrected chi connectivity index (χ4v) is 3.19. The highest BCUT2D eigenvalue weighted by atomic mass is 16.5. The molecular weight excluding hydrogens is 412 g/mol. The van der Waals surface area contributed by atoms with Gasteiger partial charge < -0.3 is 9.47 Å². The second-order valence-electron chi connectivity index (χ2n) is 8.00. The van der Waals surface area contributed by atoms with Gasteiger partial charge in [0.15, 0.2) is 0 Å². The number of benzene rings is 3. The molecule has 4 heteroatoms. The van der Waals surface area contributed by atoms with Crippen molar-refractivity contribution in [2.24, 2.45) is 0 Å². The average molecular weight is 441 g/mol. The summed E-state index contributed by atoms with van der Waals surface area (Å²) in [6, 6.07) is 24.6. The van der Waals surface area contributed by atoms with Gasteiger partial charge in [-0.1, -0.05) is 79.9 Å². The summed E-state index contributed by atoms with van der Waals surface area (Å²) in [6.45, 7) is 11.0. The Kier molecular flexibility index (Phi) is 7.98. The van der Waals surface area contributed by atoms with Crippen molar-refractivity contribution in [2.75, 3.05) is 6.61 Å². The molecule has 0 fully saturated rings. The highest BCUT2D eigenvalue weighted by Gasteiger charge is 2.06. The van der Waals surface area contributed by atoms with Crippen LogP contribution >= 0.6 is 0 Å². The van der Waals surface area contributed by atoms with E-state index >= 15 is 0 Å². The van der Waals surface area contributed by atoms with E-state index in [4.69, 9.17) is 9.47 Å². The SMILES string of the molecule is C=C(C)C(=O)OCCc1ccc(-c2cccc(-c3ccc(COC(=O)C(=C)C)cc3)c2)cc1. The maximum absolute atomic E-state index is 11.6. The van der Waals surface area contributed by atoms with E-state index in [1.54, 1.807) is 13.8 Å². The molecule has 0 aliphatic rings. The van der Waals surface area contributed by atoms with E-state index in [0.29, 0.717) is 24.2 Å². The second kappa shape index (κ2) is 11.1. The summed E-state index contributed by atoms with van der Waals surface area (Å²) in [5.41, 5.74) is 7.25. The van der Waals surface area contributed by atoms with Crippen LogP contribution in [0.15, 0.2) is 97.1 Å². The number of carbonyl (C=O) groups is 2. The summed E-state index contributed by atoms with van der Waals surface area (Å²) in [7, 11) is 0. The van der Waals surface area contributed by atoms with Crippen LogP contribution in [0.2, 0.25) is 0 Å². The number of carbonyl (C=O) groups excluding carboxylic acids is 2. The molecule has 0 N–H and O–H groups in total. The molecule has 0 aliphatic heterocycles. The Hall–Kier alpha value is -3.92. The molecule has 0 saturated heterocycles. The molecule has 0 amide bonds. The lowest BCUT2D eigenvalue weighted by atomic mass is 9.97. The van der Waals surface area contributed by atoms with Gasteiger partial charge in [-0.2, -0.15) is 0 Å². The van der Waals surface area contributed by atoms with Crippen LogP contribution in [-0.2, 0) is 32.1 Å². The quantitative estimate of drug-likeness (QED) is 0.289. The Labute approximate surface area is 195 Å². The summed E-state index contributed by atoms with van der Waals surface area (Å²) in [5.74, 6) is -0.741. The smallest absolute Gasteiger partial charge is 0.333 e. The van der Waals surface area contributed by atoms with Crippen LogP contribution in [0.3, 0.4) is 0 Å². The minimum absolute atomic E-state index is 0.227. The molecule has 33 heavy (non-hydrogen) atoms. The van der Waals surface area contributed by atoms with Crippen molar-refractivity contribution in [1.82, 2.24) is 0 Å². The molecule has 4 nitrogen and oxygen atoms in total. The maximum Gasteiger partial charge on any atom is 0.333 e. The monoisotopic (exact) mass is 440 g/mol. The molecule has 0 unspecified atom stereocenters. The number of rotatable bonds is 9. The van der Waals surface area contributed by atoms with E-state index in [1.165, 1.54) is 0 Å². The predicted octanol–water partition coefficient (Wildman–Crippen LogP) is 6.30. The summed E-state index contributed by atoms with van der Waals surface area (Å²) in [6.07, 6.45) is 0.660. The van der Waals surface area contributed by atoms with Crippen LogP contribution in [-0.4, -0.2) is 18.5 Å². The molecule has 168 valence electrons. The molecule has 3 aromatic carbocycles. The Morgan fingerprint density at radius 1 is 0.667 bits per heavy atom. The highest BCUT2D eigenvalue weighted by molar-refractivity contribution is 5.87. The van der Waals surface area contributed by atoms with Crippen molar-refractivity contribution in [3.63, 3.8) is 0 Å². The molecule has 3 aromatic rings. The highest BCUT2D eigenvalue weighted by Crippen LogP contribution is 2.27. The second-order valence-corrected chi connectivity index (χ2v) is 8.00. The first-order chi connectivity index (χ1) is 15.8. The van der Waals surface area contributed by atoms with Crippen molar-refractivity contribution in [3.8, 4) is 22.3 Å². The molecule has 0 radical (unpaired) electrons. The summed E-state index contributed by atoms with van der Waals surface area (Å²) >= 11 is 0. The van der Waals surface area contributed by atoms with Crippen LogP contribution in [0.25, 0.3) is 22.3 Å². The fourth-order valence-electron chi connectivity index (χ4n) is 3.19. The lowest BCUT2D eigenvalue weighted by Crippen LogP contribution is -2.07. The Balaban J connectivity index is 1.64. The first-order valence-corrected chi connectivity index (χ1v) is 10.8. The van der Waals surface area contributed by atoms with Crippen molar-refractivity contribution in [2.45, 2.75) is 26.9 Å². The van der Waals surface area contributed by atoms with Crippen molar-refractivity contribution in [1.29, 1.82) is 0 Å². The molecule has 0 spiro atoms. The van der Waals surface area contributed by atoms with Crippen LogP contribution in [0, 0.1) is 0 Å². The number of ether oxygens (including phenoxy) is 2. The van der Waals surface area contributed by atoms with Gasteiger partial charge in [-0.25, -0.2) is 9.59 Å². The zero-order valence-corrected chi connectivity index (χ0v) is 19.1. The van der Waals surface area contributed by atoms with Gasteiger partial charge in [-0.15, -0.1) is 0 Å². The third kappa shape index (κ3) is 6.78. The summed E-state index contributed by atoms with van der Waals surface area (Å²) in [4.78, 5) is 23.0. The molecule has 3 rings (SSSR count). The van der Waals surface area contributed by atoms with E-state index in [1.807, 2.05) is 30.3 Å². The van der Waals surface area contributed by atoms with Gasteiger partial charge in [0.05, 0.1) is 6.61 Å². The normalized spacial score (nSPS) is 10.4. The predicted molar refractivity (Wildman–Crippen MR) is 131 cm³/mol. The third-order valence-corrected chi connectivity index (χ3v) is 5.13. The number of hydrogen-bond acceptors (Lipinski definition) is 4. The average Bonchev–Trinajstić information content (AvgIpc) is 2.83. The van der Waals surface area contributed by atoms with E-state index in [0.717, 1.165) is 33.4 Å². The lowest BCUT2D eigenvalue weighted by molar-refractivity contribution is -0.140. The van der Waals surface area contributed by atoms with E-state index in [-0.39, 0.29) is 18.5 Å². The van der Waals surface area contributed by atoms with E-state index in [2.05, 4.69) is 55.6 Å². The topological polar surface area (TPSA) is 52.6 Å². The van der Waals surface area contributed by atoms with Crippen molar-refractivity contribution < 1.29 is 19.1 Å². The van der Waals surface area contributed by atoms with Gasteiger partial charge in [-0.05, 0) is 53.3 Å². The molecule has 0 aliphatic carbocycles. The van der Waals surface area contributed by atoms with Crippen LogP contribution in [0.5, 0.6) is 0 Å². The van der Waals surface area contributed by atoms with Crippen LogP contribution in [0.1, 0.15) is 25.0 Å². The minimum Gasteiger partial charge on any atom is -0.462 e. The van der Waals surface area contributed by atoms with Crippen LogP contribution in [0.4, 0.5) is 0 Å². The van der Waals surface area contributed by atoms with Gasteiger partial charge in [-0.3, -0.25) is 0 Å². The number of hydrogen-bond donors (Lipinski definition) is 0. The molecule has 0 saturated carbocycles. The summed E-state index contributed by atoms with van der Waals surface area (Å²) < 4.78 is 10.4. The van der Waals surface area contributed by atoms with E-state index in [9.17, 15) is 9.59 Å². The zero-order chi connectivity index (χ0) is 23.8. The summed E-state index contributed by atoms with van der Waals surface area (Å²) in [5, 5.41) is 0. The van der Waals surface area contributed by atoms with Gasteiger partial charge in [0.25, 0.3) is 0 Å². The molecule has 0 bridgehead atoms. The van der Waals surface area contributed by atoms with Crippen molar-refractivity contribution in [3.05, 3.63) is 108 Å². The fraction of sp³-hybridized carbons (Fsp3) is 0.172. The Bertz CT molecular complexity index is 1150. The van der Waals surface area contributed by atoms with Crippen LogP contribution < -0.4 is 0 Å². The lowest BCUT2D eigenvalue weighted by Gasteiger charge is -2.09. The molecule has 0 aromatic heterocycles. The third-order valence-electron chi connectivity index (χ3n) is 5.13. The maximum atomic E-state index is 11.6. The number of esters is 2.